The first-order valence-electron chi connectivity index (χ1n) is 5.34. The first kappa shape index (κ1) is 14.6. The van der Waals surface area contributed by atoms with Gasteiger partial charge in [0.15, 0.2) is 5.75 Å². The van der Waals surface area contributed by atoms with E-state index in [9.17, 15) is 13.6 Å². The number of carbonyl (C=O) groups excluding carboxylic acids is 1. The second-order valence-electron chi connectivity index (χ2n) is 3.71. The third-order valence-corrected chi connectivity index (χ3v) is 2.79. The SMILES string of the molecule is O=C(Nc1cc(F)ccc1F)Oc1ccc(Cl)cc1Cl. The maximum Gasteiger partial charge on any atom is 0.417 e. The van der Waals surface area contributed by atoms with Gasteiger partial charge < -0.3 is 4.74 Å². The second-order valence-corrected chi connectivity index (χ2v) is 4.56. The van der Waals surface area contributed by atoms with Crippen molar-refractivity contribution in [2.75, 3.05) is 5.32 Å². The highest BCUT2D eigenvalue weighted by atomic mass is 35.5. The lowest BCUT2D eigenvalue weighted by atomic mass is 10.3. The average Bonchev–Trinajstić information content (AvgIpc) is 2.37. The molecule has 0 unspecified atom stereocenters. The molecule has 0 bridgehead atoms. The summed E-state index contributed by atoms with van der Waals surface area (Å²) in [5, 5.41) is 2.57. The van der Waals surface area contributed by atoms with E-state index in [-0.39, 0.29) is 16.5 Å². The molecule has 1 amide bonds. The van der Waals surface area contributed by atoms with Crippen molar-refractivity contribution in [1.29, 1.82) is 0 Å². The normalized spacial score (nSPS) is 10.2. The zero-order valence-corrected chi connectivity index (χ0v) is 11.3. The Bertz CT molecular complexity index is 665. The fraction of sp³-hybridized carbons (Fsp3) is 0. The number of anilines is 1. The van der Waals surface area contributed by atoms with Crippen LogP contribution in [0.4, 0.5) is 19.3 Å². The number of halogens is 4. The van der Waals surface area contributed by atoms with Gasteiger partial charge in [-0.05, 0) is 30.3 Å². The summed E-state index contributed by atoms with van der Waals surface area (Å²) in [6.07, 6.45) is -1.00. The first-order chi connectivity index (χ1) is 9.45. The summed E-state index contributed by atoms with van der Waals surface area (Å²) < 4.78 is 31.1. The number of amides is 1. The molecule has 0 radical (unpaired) electrons. The monoisotopic (exact) mass is 317 g/mol. The van der Waals surface area contributed by atoms with Crippen LogP contribution in [0, 0.1) is 11.6 Å². The second kappa shape index (κ2) is 6.07. The van der Waals surface area contributed by atoms with Crippen molar-refractivity contribution < 1.29 is 18.3 Å². The van der Waals surface area contributed by atoms with Gasteiger partial charge in [-0.2, -0.15) is 0 Å². The van der Waals surface area contributed by atoms with E-state index < -0.39 is 17.7 Å². The molecule has 0 aliphatic carbocycles. The average molecular weight is 318 g/mol. The van der Waals surface area contributed by atoms with E-state index in [1.807, 2.05) is 0 Å². The smallest absolute Gasteiger partial charge is 0.409 e. The maximum absolute atomic E-state index is 13.3. The zero-order valence-electron chi connectivity index (χ0n) is 9.79. The number of nitrogens with one attached hydrogen (secondary N) is 1. The highest BCUT2D eigenvalue weighted by molar-refractivity contribution is 6.35. The molecular formula is C13H7Cl2F2NO2. The van der Waals surface area contributed by atoms with Gasteiger partial charge in [0.1, 0.15) is 11.6 Å². The van der Waals surface area contributed by atoms with Crippen LogP contribution in [0.2, 0.25) is 10.0 Å². The van der Waals surface area contributed by atoms with Crippen LogP contribution < -0.4 is 10.1 Å². The van der Waals surface area contributed by atoms with Crippen LogP contribution in [0.5, 0.6) is 5.75 Å². The molecular weight excluding hydrogens is 311 g/mol. The van der Waals surface area contributed by atoms with E-state index in [1.165, 1.54) is 18.2 Å². The molecule has 104 valence electrons. The summed E-state index contributed by atoms with van der Waals surface area (Å²) in [6, 6.07) is 6.89. The summed E-state index contributed by atoms with van der Waals surface area (Å²) in [4.78, 5) is 11.6. The van der Waals surface area contributed by atoms with Gasteiger partial charge in [0.05, 0.1) is 10.7 Å². The lowest BCUT2D eigenvalue weighted by molar-refractivity contribution is 0.215. The quantitative estimate of drug-likeness (QED) is 0.857. The third kappa shape index (κ3) is 3.59. The molecule has 0 aliphatic rings. The zero-order chi connectivity index (χ0) is 14.7. The van der Waals surface area contributed by atoms with Crippen LogP contribution >= 0.6 is 23.2 Å². The van der Waals surface area contributed by atoms with Crippen molar-refractivity contribution in [2.24, 2.45) is 0 Å². The maximum atomic E-state index is 13.3. The van der Waals surface area contributed by atoms with E-state index in [0.29, 0.717) is 5.02 Å². The summed E-state index contributed by atoms with van der Waals surface area (Å²) in [5.74, 6) is -1.43. The van der Waals surface area contributed by atoms with Gasteiger partial charge in [0.2, 0.25) is 0 Å². The van der Waals surface area contributed by atoms with Crippen LogP contribution in [-0.4, -0.2) is 6.09 Å². The van der Waals surface area contributed by atoms with Crippen molar-refractivity contribution >= 4 is 35.0 Å². The van der Waals surface area contributed by atoms with Crippen molar-refractivity contribution in [3.05, 3.63) is 58.1 Å². The minimum Gasteiger partial charge on any atom is -0.409 e. The lowest BCUT2D eigenvalue weighted by Crippen LogP contribution is -2.17. The molecule has 20 heavy (non-hydrogen) atoms. The molecule has 2 aromatic rings. The van der Waals surface area contributed by atoms with E-state index >= 15 is 0 Å². The minimum absolute atomic E-state index is 0.0466. The number of ether oxygens (including phenoxy) is 1. The number of rotatable bonds is 2. The number of hydrogen-bond donors (Lipinski definition) is 1. The van der Waals surface area contributed by atoms with E-state index in [1.54, 1.807) is 0 Å². The molecule has 0 atom stereocenters. The fourth-order valence-electron chi connectivity index (χ4n) is 1.39. The Morgan fingerprint density at radius 2 is 1.85 bits per heavy atom. The van der Waals surface area contributed by atoms with Crippen LogP contribution in [-0.2, 0) is 0 Å². The van der Waals surface area contributed by atoms with Gasteiger partial charge in [-0.25, -0.2) is 13.6 Å². The van der Waals surface area contributed by atoms with Crippen LogP contribution in [0.25, 0.3) is 0 Å². The van der Waals surface area contributed by atoms with Crippen LogP contribution in [0.1, 0.15) is 0 Å². The highest BCUT2D eigenvalue weighted by Gasteiger charge is 2.12. The molecule has 7 heteroatoms. The molecule has 2 rings (SSSR count). The molecule has 0 heterocycles. The molecule has 0 fully saturated rings. The van der Waals surface area contributed by atoms with Gasteiger partial charge in [0.25, 0.3) is 0 Å². The first-order valence-corrected chi connectivity index (χ1v) is 6.10. The van der Waals surface area contributed by atoms with Gasteiger partial charge in [0, 0.05) is 11.1 Å². The van der Waals surface area contributed by atoms with Gasteiger partial charge >= 0.3 is 6.09 Å². The molecule has 0 saturated heterocycles. The number of hydrogen-bond acceptors (Lipinski definition) is 2. The Morgan fingerprint density at radius 1 is 1.10 bits per heavy atom. The van der Waals surface area contributed by atoms with E-state index in [4.69, 9.17) is 27.9 Å². The molecule has 0 saturated carbocycles. The third-order valence-electron chi connectivity index (χ3n) is 2.26. The van der Waals surface area contributed by atoms with Crippen LogP contribution in [0.15, 0.2) is 36.4 Å². The molecule has 0 aromatic heterocycles. The molecule has 1 N–H and O–H groups in total. The topological polar surface area (TPSA) is 38.3 Å². The largest absolute Gasteiger partial charge is 0.417 e. The highest BCUT2D eigenvalue weighted by Crippen LogP contribution is 2.28. The predicted octanol–water partition coefficient (Wildman–Crippen LogP) is 4.88. The standard InChI is InChI=1S/C13H7Cl2F2NO2/c14-7-1-4-12(9(15)5-7)20-13(19)18-11-6-8(16)2-3-10(11)17/h1-6H,(H,18,19). The Labute approximate surface area is 123 Å². The molecule has 2 aromatic carbocycles. The van der Waals surface area contributed by atoms with Gasteiger partial charge in [-0.15, -0.1) is 0 Å². The Kier molecular flexibility index (Phi) is 4.42. The van der Waals surface area contributed by atoms with Gasteiger partial charge in [-0.1, -0.05) is 23.2 Å². The molecule has 3 nitrogen and oxygen atoms in total. The van der Waals surface area contributed by atoms with Crippen molar-refractivity contribution in [3.63, 3.8) is 0 Å². The Balaban J connectivity index is 2.11. The fourth-order valence-corrected chi connectivity index (χ4v) is 1.83. The summed E-state index contributed by atoms with van der Waals surface area (Å²) in [6.45, 7) is 0. The lowest BCUT2D eigenvalue weighted by Gasteiger charge is -2.08. The predicted molar refractivity (Wildman–Crippen MR) is 72.5 cm³/mol. The molecule has 0 spiro atoms. The Morgan fingerprint density at radius 3 is 2.55 bits per heavy atom. The van der Waals surface area contributed by atoms with E-state index in [2.05, 4.69) is 5.32 Å². The summed E-state index contributed by atoms with van der Waals surface area (Å²) >= 11 is 11.5. The number of carbonyl (C=O) groups is 1. The van der Waals surface area contributed by atoms with E-state index in [0.717, 1.165) is 18.2 Å². The Hall–Kier alpha value is -1.85. The van der Waals surface area contributed by atoms with Crippen LogP contribution in [0.3, 0.4) is 0 Å². The summed E-state index contributed by atoms with van der Waals surface area (Å²) in [7, 11) is 0. The number of benzene rings is 2. The summed E-state index contributed by atoms with van der Waals surface area (Å²) in [5.41, 5.74) is -0.333. The van der Waals surface area contributed by atoms with Crippen molar-refractivity contribution in [2.45, 2.75) is 0 Å². The van der Waals surface area contributed by atoms with Crippen molar-refractivity contribution in [3.8, 4) is 5.75 Å². The van der Waals surface area contributed by atoms with Gasteiger partial charge in [-0.3, -0.25) is 5.32 Å². The minimum atomic E-state index is -1.00. The van der Waals surface area contributed by atoms with Crippen molar-refractivity contribution in [1.82, 2.24) is 0 Å². The molecule has 0 aliphatic heterocycles.